The van der Waals surface area contributed by atoms with Crippen LogP contribution in [0.15, 0.2) is 30.6 Å². The highest BCUT2D eigenvalue weighted by atomic mass is 32.1. The van der Waals surface area contributed by atoms with E-state index in [9.17, 15) is 0 Å². The van der Waals surface area contributed by atoms with Gasteiger partial charge >= 0.3 is 0 Å². The molecule has 0 spiro atoms. The second-order valence-electron chi connectivity index (χ2n) is 3.34. The van der Waals surface area contributed by atoms with Crippen LogP contribution in [0.2, 0.25) is 0 Å². The Kier molecular flexibility index (Phi) is 3.01. The SMILES string of the molecule is Cc1ccc(CNCc2cc[nH]c2)s1. The normalized spacial score (nSPS) is 10.6. The molecule has 2 nitrogen and oxygen atoms in total. The van der Waals surface area contributed by atoms with Crippen LogP contribution in [-0.2, 0) is 13.1 Å². The molecule has 2 aromatic rings. The van der Waals surface area contributed by atoms with E-state index in [0.717, 1.165) is 13.1 Å². The van der Waals surface area contributed by atoms with E-state index in [2.05, 4.69) is 35.4 Å². The lowest BCUT2D eigenvalue weighted by Crippen LogP contribution is -2.10. The summed E-state index contributed by atoms with van der Waals surface area (Å²) in [5, 5.41) is 3.41. The second kappa shape index (κ2) is 4.44. The van der Waals surface area contributed by atoms with Crippen molar-refractivity contribution < 1.29 is 0 Å². The molecule has 0 aliphatic rings. The molecule has 14 heavy (non-hydrogen) atoms. The molecule has 2 aromatic heterocycles. The Morgan fingerprint density at radius 1 is 1.29 bits per heavy atom. The van der Waals surface area contributed by atoms with Gasteiger partial charge in [0.1, 0.15) is 0 Å². The molecule has 0 atom stereocenters. The zero-order valence-corrected chi connectivity index (χ0v) is 9.03. The highest BCUT2D eigenvalue weighted by Crippen LogP contribution is 2.14. The fraction of sp³-hybridized carbons (Fsp3) is 0.273. The Labute approximate surface area is 88.0 Å². The number of hydrogen-bond donors (Lipinski definition) is 2. The molecule has 0 saturated heterocycles. The molecule has 2 heterocycles. The third-order valence-corrected chi connectivity index (χ3v) is 3.09. The Bertz CT molecular complexity index is 376. The maximum atomic E-state index is 3.41. The van der Waals surface area contributed by atoms with E-state index in [-0.39, 0.29) is 0 Å². The van der Waals surface area contributed by atoms with Gasteiger partial charge in [0.15, 0.2) is 0 Å². The zero-order valence-electron chi connectivity index (χ0n) is 8.21. The molecule has 0 bridgehead atoms. The van der Waals surface area contributed by atoms with Crippen molar-refractivity contribution in [1.82, 2.24) is 10.3 Å². The third-order valence-electron chi connectivity index (χ3n) is 2.09. The minimum Gasteiger partial charge on any atom is -0.367 e. The summed E-state index contributed by atoms with van der Waals surface area (Å²) in [6, 6.07) is 6.44. The first-order valence-electron chi connectivity index (χ1n) is 4.72. The second-order valence-corrected chi connectivity index (χ2v) is 4.71. The first kappa shape index (κ1) is 9.49. The molecule has 0 saturated carbocycles. The minimum atomic E-state index is 0.931. The summed E-state index contributed by atoms with van der Waals surface area (Å²) < 4.78 is 0. The summed E-state index contributed by atoms with van der Waals surface area (Å²) >= 11 is 1.85. The quantitative estimate of drug-likeness (QED) is 0.791. The van der Waals surface area contributed by atoms with Gasteiger partial charge in [0.25, 0.3) is 0 Å². The number of aromatic nitrogens is 1. The first-order chi connectivity index (χ1) is 6.84. The van der Waals surface area contributed by atoms with Crippen molar-refractivity contribution in [2.24, 2.45) is 0 Å². The van der Waals surface area contributed by atoms with Crippen LogP contribution in [0.1, 0.15) is 15.3 Å². The van der Waals surface area contributed by atoms with Crippen LogP contribution in [0.5, 0.6) is 0 Å². The number of nitrogens with one attached hydrogen (secondary N) is 2. The van der Waals surface area contributed by atoms with Gasteiger partial charge in [-0.3, -0.25) is 0 Å². The molecule has 0 amide bonds. The topological polar surface area (TPSA) is 27.8 Å². The third kappa shape index (κ3) is 2.47. The summed E-state index contributed by atoms with van der Waals surface area (Å²) in [4.78, 5) is 5.82. The van der Waals surface area contributed by atoms with Crippen molar-refractivity contribution in [1.29, 1.82) is 0 Å². The van der Waals surface area contributed by atoms with Crippen molar-refractivity contribution in [2.45, 2.75) is 20.0 Å². The molecule has 74 valence electrons. The molecule has 2 N–H and O–H groups in total. The predicted molar refractivity (Wildman–Crippen MR) is 60.4 cm³/mol. The molecule has 0 fully saturated rings. The van der Waals surface area contributed by atoms with Crippen molar-refractivity contribution in [3.63, 3.8) is 0 Å². The van der Waals surface area contributed by atoms with Crippen molar-refractivity contribution in [3.8, 4) is 0 Å². The fourth-order valence-corrected chi connectivity index (χ4v) is 2.24. The molecule has 2 rings (SSSR count). The Morgan fingerprint density at radius 2 is 2.21 bits per heavy atom. The van der Waals surface area contributed by atoms with E-state index in [1.807, 2.05) is 23.7 Å². The minimum absolute atomic E-state index is 0.931. The van der Waals surface area contributed by atoms with Crippen LogP contribution in [-0.4, -0.2) is 4.98 Å². The lowest BCUT2D eigenvalue weighted by Gasteiger charge is -1.99. The van der Waals surface area contributed by atoms with Crippen LogP contribution in [0.4, 0.5) is 0 Å². The van der Waals surface area contributed by atoms with E-state index in [4.69, 9.17) is 0 Å². The van der Waals surface area contributed by atoms with Gasteiger partial charge in [-0.25, -0.2) is 0 Å². The number of hydrogen-bond acceptors (Lipinski definition) is 2. The Balaban J connectivity index is 1.78. The fourth-order valence-electron chi connectivity index (χ4n) is 1.38. The summed E-state index contributed by atoms with van der Waals surface area (Å²) in [5.41, 5.74) is 1.30. The number of H-pyrrole nitrogens is 1. The Hall–Kier alpha value is -1.06. The summed E-state index contributed by atoms with van der Waals surface area (Å²) in [5.74, 6) is 0. The number of thiophene rings is 1. The average molecular weight is 206 g/mol. The van der Waals surface area contributed by atoms with E-state index < -0.39 is 0 Å². The molecule has 0 aliphatic heterocycles. The largest absolute Gasteiger partial charge is 0.367 e. The zero-order chi connectivity index (χ0) is 9.80. The van der Waals surface area contributed by atoms with Gasteiger partial charge < -0.3 is 10.3 Å². The van der Waals surface area contributed by atoms with E-state index >= 15 is 0 Å². The van der Waals surface area contributed by atoms with Gasteiger partial charge in [0.2, 0.25) is 0 Å². The average Bonchev–Trinajstić information content (AvgIpc) is 2.77. The molecule has 0 unspecified atom stereocenters. The van der Waals surface area contributed by atoms with Crippen LogP contribution < -0.4 is 5.32 Å². The van der Waals surface area contributed by atoms with Crippen molar-refractivity contribution in [3.05, 3.63) is 45.9 Å². The molecule has 0 aliphatic carbocycles. The molecule has 3 heteroatoms. The summed E-state index contributed by atoms with van der Waals surface area (Å²) in [6.07, 6.45) is 3.97. The monoisotopic (exact) mass is 206 g/mol. The lowest BCUT2D eigenvalue weighted by atomic mass is 10.3. The maximum absolute atomic E-state index is 3.41. The highest BCUT2D eigenvalue weighted by Gasteiger charge is 1.96. The van der Waals surface area contributed by atoms with Gasteiger partial charge in [-0.1, -0.05) is 0 Å². The van der Waals surface area contributed by atoms with Crippen LogP contribution >= 0.6 is 11.3 Å². The Morgan fingerprint density at radius 3 is 2.86 bits per heavy atom. The standard InChI is InChI=1S/C11H14N2S/c1-9-2-3-11(14-9)8-13-7-10-4-5-12-6-10/h2-6,12-13H,7-8H2,1H3. The summed E-state index contributed by atoms with van der Waals surface area (Å²) in [7, 11) is 0. The first-order valence-corrected chi connectivity index (χ1v) is 5.54. The number of aryl methyl sites for hydroxylation is 1. The molecule has 0 aromatic carbocycles. The van der Waals surface area contributed by atoms with Crippen molar-refractivity contribution >= 4 is 11.3 Å². The molecule has 0 radical (unpaired) electrons. The van der Waals surface area contributed by atoms with Crippen LogP contribution in [0.3, 0.4) is 0 Å². The van der Waals surface area contributed by atoms with Gasteiger partial charge in [0, 0.05) is 35.2 Å². The van der Waals surface area contributed by atoms with E-state index in [1.54, 1.807) is 0 Å². The van der Waals surface area contributed by atoms with Crippen LogP contribution in [0.25, 0.3) is 0 Å². The van der Waals surface area contributed by atoms with Gasteiger partial charge in [-0.05, 0) is 30.7 Å². The van der Waals surface area contributed by atoms with Gasteiger partial charge in [-0.2, -0.15) is 0 Å². The smallest absolute Gasteiger partial charge is 0.0303 e. The van der Waals surface area contributed by atoms with Gasteiger partial charge in [0.05, 0.1) is 0 Å². The van der Waals surface area contributed by atoms with Crippen molar-refractivity contribution in [2.75, 3.05) is 0 Å². The van der Waals surface area contributed by atoms with Gasteiger partial charge in [-0.15, -0.1) is 11.3 Å². The van der Waals surface area contributed by atoms with E-state index in [1.165, 1.54) is 15.3 Å². The van der Waals surface area contributed by atoms with E-state index in [0.29, 0.717) is 0 Å². The van der Waals surface area contributed by atoms with Crippen LogP contribution in [0, 0.1) is 6.92 Å². The lowest BCUT2D eigenvalue weighted by molar-refractivity contribution is 0.701. The molecular weight excluding hydrogens is 192 g/mol. The highest BCUT2D eigenvalue weighted by molar-refractivity contribution is 7.11. The number of aromatic amines is 1. The predicted octanol–water partition coefficient (Wildman–Crippen LogP) is 2.67. The summed E-state index contributed by atoms with van der Waals surface area (Å²) in [6.45, 7) is 4.03. The number of rotatable bonds is 4. The molecular formula is C11H14N2S. The maximum Gasteiger partial charge on any atom is 0.0303 e.